The molecule has 1 saturated heterocycles. The van der Waals surface area contributed by atoms with Gasteiger partial charge < -0.3 is 5.32 Å². The van der Waals surface area contributed by atoms with Gasteiger partial charge in [-0.25, -0.2) is 9.97 Å². The second-order valence-electron chi connectivity index (χ2n) is 7.82. The third-order valence-corrected chi connectivity index (χ3v) is 4.78. The molecule has 1 aliphatic rings. The monoisotopic (exact) mass is 325 g/mol. The number of hydrogen-bond acceptors (Lipinski definition) is 4. The molecular weight excluding hydrogens is 298 g/mol. The smallest absolute Gasteiger partial charge is 0.181 e. The van der Waals surface area contributed by atoms with Gasteiger partial charge in [-0.1, -0.05) is 39.0 Å². The predicted molar refractivity (Wildman–Crippen MR) is 97.4 cm³/mol. The topological polar surface area (TPSA) is 54.9 Å². The Kier molecular flexibility index (Phi) is 4.95. The second kappa shape index (κ2) is 6.98. The molecule has 1 N–H and O–H groups in total. The molecule has 4 heteroatoms. The average molecular weight is 325 g/mol. The molecular formula is C20H27N3O. The summed E-state index contributed by atoms with van der Waals surface area (Å²) in [6, 6.07) is 7.84. The molecule has 24 heavy (non-hydrogen) atoms. The fraction of sp³-hybridized carbons (Fsp3) is 0.550. The quantitative estimate of drug-likeness (QED) is 0.867. The van der Waals surface area contributed by atoms with Crippen molar-refractivity contribution in [2.45, 2.75) is 51.9 Å². The third-order valence-electron chi connectivity index (χ3n) is 4.78. The van der Waals surface area contributed by atoms with Crippen LogP contribution in [0.4, 0.5) is 0 Å². The van der Waals surface area contributed by atoms with E-state index in [-0.39, 0.29) is 11.2 Å². The van der Waals surface area contributed by atoms with E-state index in [1.807, 2.05) is 24.3 Å². The zero-order valence-corrected chi connectivity index (χ0v) is 14.9. The molecule has 3 rings (SSSR count). The first kappa shape index (κ1) is 17.0. The molecule has 4 nitrogen and oxygen atoms in total. The third kappa shape index (κ3) is 3.81. The van der Waals surface area contributed by atoms with Crippen molar-refractivity contribution in [3.8, 4) is 0 Å². The number of Topliss-reactive ketones (excluding diaryl/α,β-unsaturated/α-hetero) is 1. The Hall–Kier alpha value is -1.81. The maximum atomic E-state index is 12.9. The van der Waals surface area contributed by atoms with E-state index in [0.717, 1.165) is 36.2 Å². The summed E-state index contributed by atoms with van der Waals surface area (Å²) in [5.41, 5.74) is 1.29. The Morgan fingerprint density at radius 2 is 1.88 bits per heavy atom. The van der Waals surface area contributed by atoms with Crippen LogP contribution in [0.5, 0.6) is 0 Å². The standard InChI is InChI=1S/C20H27N3O/c1-20(2,3)19-22-16-7-5-4-6-15(16)18(23-19)17(24)9-8-14-10-12-21-13-11-14/h4-7,14,21H,8-13H2,1-3H3. The van der Waals surface area contributed by atoms with E-state index in [0.29, 0.717) is 18.0 Å². The lowest BCUT2D eigenvalue weighted by Gasteiger charge is -2.22. The predicted octanol–water partition coefficient (Wildman–Crippen LogP) is 3.89. The Morgan fingerprint density at radius 1 is 1.17 bits per heavy atom. The van der Waals surface area contributed by atoms with Crippen molar-refractivity contribution in [2.24, 2.45) is 5.92 Å². The van der Waals surface area contributed by atoms with Crippen LogP contribution in [0, 0.1) is 5.92 Å². The summed E-state index contributed by atoms with van der Waals surface area (Å²) in [4.78, 5) is 22.2. The lowest BCUT2D eigenvalue weighted by molar-refractivity contribution is 0.0967. The maximum Gasteiger partial charge on any atom is 0.181 e. The fourth-order valence-electron chi connectivity index (χ4n) is 3.25. The molecule has 1 fully saturated rings. The number of hydrogen-bond donors (Lipinski definition) is 1. The summed E-state index contributed by atoms with van der Waals surface area (Å²) in [6.07, 6.45) is 3.88. The highest BCUT2D eigenvalue weighted by Gasteiger charge is 2.23. The number of carbonyl (C=O) groups excluding carboxylic acids is 1. The van der Waals surface area contributed by atoms with Crippen LogP contribution in [0.15, 0.2) is 24.3 Å². The Morgan fingerprint density at radius 3 is 2.58 bits per heavy atom. The number of aromatic nitrogens is 2. The highest BCUT2D eigenvalue weighted by atomic mass is 16.1. The van der Waals surface area contributed by atoms with Crippen LogP contribution in [0.1, 0.15) is 62.8 Å². The molecule has 1 aromatic heterocycles. The number of fused-ring (bicyclic) bond motifs is 1. The first-order valence-electron chi connectivity index (χ1n) is 8.96. The normalized spacial score (nSPS) is 16.5. The number of para-hydroxylation sites is 1. The van der Waals surface area contributed by atoms with E-state index in [2.05, 4.69) is 36.1 Å². The Labute approximate surface area is 144 Å². The van der Waals surface area contributed by atoms with Crippen LogP contribution in [0.2, 0.25) is 0 Å². The number of carbonyl (C=O) groups is 1. The molecule has 0 atom stereocenters. The minimum absolute atomic E-state index is 0.151. The van der Waals surface area contributed by atoms with Gasteiger partial charge in [0.15, 0.2) is 5.78 Å². The van der Waals surface area contributed by atoms with Crippen LogP contribution in [-0.4, -0.2) is 28.8 Å². The summed E-state index contributed by atoms with van der Waals surface area (Å²) < 4.78 is 0. The van der Waals surface area contributed by atoms with Crippen molar-refractivity contribution in [1.82, 2.24) is 15.3 Å². The number of rotatable bonds is 4. The fourth-order valence-corrected chi connectivity index (χ4v) is 3.25. The Bertz CT molecular complexity index is 727. The maximum absolute atomic E-state index is 12.9. The summed E-state index contributed by atoms with van der Waals surface area (Å²) in [5, 5.41) is 4.25. The van der Waals surface area contributed by atoms with Crippen LogP contribution < -0.4 is 5.32 Å². The molecule has 1 aromatic carbocycles. The molecule has 0 radical (unpaired) electrons. The molecule has 2 aromatic rings. The summed E-state index contributed by atoms with van der Waals surface area (Å²) in [5.74, 6) is 1.55. The first-order valence-corrected chi connectivity index (χ1v) is 8.96. The molecule has 0 bridgehead atoms. The van der Waals surface area contributed by atoms with Gasteiger partial charge in [-0.15, -0.1) is 0 Å². The van der Waals surface area contributed by atoms with Gasteiger partial charge >= 0.3 is 0 Å². The minimum atomic E-state index is -0.173. The summed E-state index contributed by atoms with van der Waals surface area (Å²) >= 11 is 0. The van der Waals surface area contributed by atoms with Crippen molar-refractivity contribution in [2.75, 3.05) is 13.1 Å². The molecule has 0 amide bonds. The number of nitrogens with one attached hydrogen (secondary N) is 1. The van der Waals surface area contributed by atoms with Crippen molar-refractivity contribution >= 4 is 16.7 Å². The van der Waals surface area contributed by atoms with Crippen molar-refractivity contribution < 1.29 is 4.79 Å². The molecule has 0 unspecified atom stereocenters. The van der Waals surface area contributed by atoms with E-state index in [1.165, 1.54) is 12.8 Å². The number of piperidine rings is 1. The minimum Gasteiger partial charge on any atom is -0.317 e. The highest BCUT2D eigenvalue weighted by molar-refractivity contribution is 6.05. The van der Waals surface area contributed by atoms with Crippen LogP contribution in [-0.2, 0) is 5.41 Å². The molecule has 0 spiro atoms. The average Bonchev–Trinajstić information content (AvgIpc) is 2.59. The van der Waals surface area contributed by atoms with E-state index < -0.39 is 0 Å². The van der Waals surface area contributed by atoms with Gasteiger partial charge in [0, 0.05) is 17.2 Å². The van der Waals surface area contributed by atoms with Gasteiger partial charge in [0.2, 0.25) is 0 Å². The van der Waals surface area contributed by atoms with E-state index in [9.17, 15) is 4.79 Å². The number of nitrogens with zero attached hydrogens (tertiary/aromatic N) is 2. The molecule has 1 aliphatic heterocycles. The van der Waals surface area contributed by atoms with E-state index >= 15 is 0 Å². The highest BCUT2D eigenvalue weighted by Crippen LogP contribution is 2.25. The van der Waals surface area contributed by atoms with Gasteiger partial charge in [0.25, 0.3) is 0 Å². The van der Waals surface area contributed by atoms with Crippen molar-refractivity contribution in [3.63, 3.8) is 0 Å². The van der Waals surface area contributed by atoms with E-state index in [1.54, 1.807) is 0 Å². The van der Waals surface area contributed by atoms with Gasteiger partial charge in [-0.3, -0.25) is 4.79 Å². The van der Waals surface area contributed by atoms with Crippen molar-refractivity contribution in [1.29, 1.82) is 0 Å². The number of benzene rings is 1. The molecule has 0 aliphatic carbocycles. The van der Waals surface area contributed by atoms with Gasteiger partial charge in [-0.05, 0) is 44.3 Å². The number of ketones is 1. The zero-order chi connectivity index (χ0) is 17.2. The SMILES string of the molecule is CC(C)(C)c1nc(C(=O)CCC2CCNCC2)c2ccccc2n1. The summed E-state index contributed by atoms with van der Waals surface area (Å²) in [7, 11) is 0. The molecule has 0 saturated carbocycles. The summed E-state index contributed by atoms with van der Waals surface area (Å²) in [6.45, 7) is 8.40. The van der Waals surface area contributed by atoms with E-state index in [4.69, 9.17) is 0 Å². The van der Waals surface area contributed by atoms with Gasteiger partial charge in [-0.2, -0.15) is 0 Å². The lowest BCUT2D eigenvalue weighted by atomic mass is 9.91. The van der Waals surface area contributed by atoms with Gasteiger partial charge in [0.1, 0.15) is 11.5 Å². The van der Waals surface area contributed by atoms with Gasteiger partial charge in [0.05, 0.1) is 5.52 Å². The Balaban J connectivity index is 1.87. The second-order valence-corrected chi connectivity index (χ2v) is 7.82. The molecule has 128 valence electrons. The zero-order valence-electron chi connectivity index (χ0n) is 14.9. The van der Waals surface area contributed by atoms with Crippen LogP contribution in [0.25, 0.3) is 10.9 Å². The molecule has 2 heterocycles. The van der Waals surface area contributed by atoms with Crippen LogP contribution in [0.3, 0.4) is 0 Å². The van der Waals surface area contributed by atoms with Crippen molar-refractivity contribution in [3.05, 3.63) is 35.8 Å². The van der Waals surface area contributed by atoms with Crippen LogP contribution >= 0.6 is 0 Å². The first-order chi connectivity index (χ1) is 11.4. The largest absolute Gasteiger partial charge is 0.317 e. The lowest BCUT2D eigenvalue weighted by Crippen LogP contribution is -2.28.